The number of hydrogen-bond donors (Lipinski definition) is 0. The first-order valence-electron chi connectivity index (χ1n) is 10.5. The minimum absolute atomic E-state index is 0.0470. The fraction of sp³-hybridized carbons (Fsp3) is 0.455. The number of aromatic nitrogens is 4. The van der Waals surface area contributed by atoms with Crippen LogP contribution in [0, 0.1) is 0 Å². The van der Waals surface area contributed by atoms with Crippen LogP contribution >= 0.6 is 11.3 Å². The molecule has 3 aromatic heterocycles. The Morgan fingerprint density at radius 1 is 1.14 bits per heavy atom. The molecule has 3 aromatic rings. The Labute approximate surface area is 174 Å². The number of nitrogens with zero attached hydrogens (tertiary/aromatic N) is 5. The second kappa shape index (κ2) is 8.16. The fourth-order valence-corrected chi connectivity index (χ4v) is 5.59. The van der Waals surface area contributed by atoms with Crippen molar-refractivity contribution in [2.24, 2.45) is 0 Å². The second-order valence-corrected chi connectivity index (χ2v) is 9.10. The molecular formula is C22H25N5OS. The van der Waals surface area contributed by atoms with Crippen LogP contribution in [0.25, 0.3) is 11.3 Å². The number of fused-ring (bicyclic) bond motifs is 1. The highest BCUT2D eigenvalue weighted by molar-refractivity contribution is 7.11. The van der Waals surface area contributed by atoms with Crippen molar-refractivity contribution in [2.75, 3.05) is 6.54 Å². The van der Waals surface area contributed by atoms with Crippen molar-refractivity contribution in [3.05, 3.63) is 62.6 Å². The van der Waals surface area contributed by atoms with Gasteiger partial charge in [0.2, 0.25) is 0 Å². The Hall–Kier alpha value is -2.38. The molecule has 0 amide bonds. The van der Waals surface area contributed by atoms with Crippen molar-refractivity contribution in [3.63, 3.8) is 0 Å². The van der Waals surface area contributed by atoms with Gasteiger partial charge in [0.05, 0.1) is 24.5 Å². The van der Waals surface area contributed by atoms with E-state index < -0.39 is 0 Å². The maximum absolute atomic E-state index is 12.4. The predicted molar refractivity (Wildman–Crippen MR) is 114 cm³/mol. The van der Waals surface area contributed by atoms with Gasteiger partial charge >= 0.3 is 0 Å². The number of aryl methyl sites for hydroxylation is 2. The van der Waals surface area contributed by atoms with Gasteiger partial charge in [-0.05, 0) is 63.3 Å². The highest BCUT2D eigenvalue weighted by Crippen LogP contribution is 2.29. The van der Waals surface area contributed by atoms with Gasteiger partial charge in [-0.15, -0.1) is 11.3 Å². The third kappa shape index (κ3) is 4.02. The topological polar surface area (TPSA) is 63.9 Å². The van der Waals surface area contributed by atoms with Crippen molar-refractivity contribution in [3.8, 4) is 11.3 Å². The van der Waals surface area contributed by atoms with Gasteiger partial charge in [-0.1, -0.05) is 0 Å². The molecule has 0 radical (unpaired) electrons. The lowest BCUT2D eigenvalue weighted by molar-refractivity contribution is 0.216. The summed E-state index contributed by atoms with van der Waals surface area (Å²) in [5.74, 6) is 0. The van der Waals surface area contributed by atoms with Crippen molar-refractivity contribution < 1.29 is 0 Å². The van der Waals surface area contributed by atoms with E-state index in [1.165, 1.54) is 34.8 Å². The van der Waals surface area contributed by atoms with E-state index in [0.29, 0.717) is 12.6 Å². The minimum atomic E-state index is -0.0470. The number of hydrogen-bond acceptors (Lipinski definition) is 6. The van der Waals surface area contributed by atoms with E-state index in [1.54, 1.807) is 29.2 Å². The largest absolute Gasteiger partial charge is 0.292 e. The van der Waals surface area contributed by atoms with Crippen molar-refractivity contribution in [1.29, 1.82) is 0 Å². The molecule has 150 valence electrons. The van der Waals surface area contributed by atoms with Crippen molar-refractivity contribution in [2.45, 2.75) is 57.7 Å². The van der Waals surface area contributed by atoms with Crippen LogP contribution in [0.2, 0.25) is 0 Å². The smallest absolute Gasteiger partial charge is 0.266 e. The molecule has 0 N–H and O–H groups in total. The molecule has 29 heavy (non-hydrogen) atoms. The van der Waals surface area contributed by atoms with Crippen LogP contribution in [0.1, 0.15) is 41.3 Å². The first-order valence-corrected chi connectivity index (χ1v) is 11.3. The molecule has 5 rings (SSSR count). The van der Waals surface area contributed by atoms with E-state index in [1.807, 2.05) is 23.5 Å². The van der Waals surface area contributed by atoms with Crippen molar-refractivity contribution in [1.82, 2.24) is 24.6 Å². The van der Waals surface area contributed by atoms with Gasteiger partial charge in [0.1, 0.15) is 5.01 Å². The molecule has 0 spiro atoms. The van der Waals surface area contributed by atoms with Crippen LogP contribution in [-0.2, 0) is 25.9 Å². The third-order valence-corrected chi connectivity index (χ3v) is 7.08. The summed E-state index contributed by atoms with van der Waals surface area (Å²) in [5.41, 5.74) is 3.00. The molecule has 1 saturated heterocycles. The lowest BCUT2D eigenvalue weighted by Crippen LogP contribution is -2.36. The molecule has 4 heterocycles. The maximum atomic E-state index is 12.4. The summed E-state index contributed by atoms with van der Waals surface area (Å²) in [6.45, 7) is 2.57. The van der Waals surface area contributed by atoms with Gasteiger partial charge < -0.3 is 0 Å². The Morgan fingerprint density at radius 2 is 2.07 bits per heavy atom. The molecule has 1 unspecified atom stereocenters. The van der Waals surface area contributed by atoms with Gasteiger partial charge in [0.25, 0.3) is 5.56 Å². The number of likely N-dealkylation sites (tertiary alicyclic amines) is 1. The zero-order valence-corrected chi connectivity index (χ0v) is 17.3. The molecule has 7 heteroatoms. The second-order valence-electron chi connectivity index (χ2n) is 7.93. The zero-order valence-electron chi connectivity index (χ0n) is 16.5. The minimum Gasteiger partial charge on any atom is -0.292 e. The average Bonchev–Trinajstić information content (AvgIpc) is 3.36. The summed E-state index contributed by atoms with van der Waals surface area (Å²) in [6.07, 6.45) is 10.7. The first-order chi connectivity index (χ1) is 14.3. The van der Waals surface area contributed by atoms with Gasteiger partial charge in [0.15, 0.2) is 0 Å². The van der Waals surface area contributed by atoms with E-state index in [-0.39, 0.29) is 5.56 Å². The average molecular weight is 408 g/mol. The molecular weight excluding hydrogens is 382 g/mol. The van der Waals surface area contributed by atoms with Gasteiger partial charge in [-0.2, -0.15) is 5.10 Å². The first kappa shape index (κ1) is 18.6. The van der Waals surface area contributed by atoms with Crippen LogP contribution in [0.4, 0.5) is 0 Å². The van der Waals surface area contributed by atoms with Gasteiger partial charge in [-0.25, -0.2) is 9.67 Å². The summed E-state index contributed by atoms with van der Waals surface area (Å²) in [5, 5.41) is 5.85. The van der Waals surface area contributed by atoms with E-state index >= 15 is 0 Å². The summed E-state index contributed by atoms with van der Waals surface area (Å²) < 4.78 is 1.62. The Morgan fingerprint density at radius 3 is 2.93 bits per heavy atom. The molecule has 1 atom stereocenters. The molecule has 1 aliphatic carbocycles. The summed E-state index contributed by atoms with van der Waals surface area (Å²) >= 11 is 1.89. The van der Waals surface area contributed by atoms with Crippen LogP contribution in [-0.4, -0.2) is 37.2 Å². The third-order valence-electron chi connectivity index (χ3n) is 5.93. The highest BCUT2D eigenvalue weighted by atomic mass is 32.1. The number of thiazole rings is 1. The monoisotopic (exact) mass is 407 g/mol. The summed E-state index contributed by atoms with van der Waals surface area (Å²) in [6, 6.07) is 7.58. The van der Waals surface area contributed by atoms with Gasteiger partial charge in [0, 0.05) is 34.9 Å². The Bertz CT molecular complexity index is 1020. The fourth-order valence-electron chi connectivity index (χ4n) is 4.40. The van der Waals surface area contributed by atoms with Crippen LogP contribution in [0.3, 0.4) is 0 Å². The quantitative estimate of drug-likeness (QED) is 0.649. The van der Waals surface area contributed by atoms with Crippen LogP contribution < -0.4 is 5.56 Å². The summed E-state index contributed by atoms with van der Waals surface area (Å²) in [7, 11) is 0. The number of pyridine rings is 1. The van der Waals surface area contributed by atoms with Gasteiger partial charge in [-0.3, -0.25) is 14.7 Å². The molecule has 2 aliphatic rings. The predicted octanol–water partition coefficient (Wildman–Crippen LogP) is 3.31. The Kier molecular flexibility index (Phi) is 5.24. The highest BCUT2D eigenvalue weighted by Gasteiger charge is 2.27. The molecule has 1 fully saturated rings. The van der Waals surface area contributed by atoms with Crippen LogP contribution in [0.15, 0.2) is 41.5 Å². The van der Waals surface area contributed by atoms with E-state index in [0.717, 1.165) is 43.6 Å². The lowest BCUT2D eigenvalue weighted by Gasteiger charge is -2.23. The van der Waals surface area contributed by atoms with Crippen LogP contribution in [0.5, 0.6) is 0 Å². The molecule has 0 saturated carbocycles. The molecule has 0 aromatic carbocycles. The number of rotatable bonds is 5. The molecule has 1 aliphatic heterocycles. The van der Waals surface area contributed by atoms with E-state index in [2.05, 4.69) is 15.0 Å². The van der Waals surface area contributed by atoms with E-state index in [9.17, 15) is 4.79 Å². The molecule has 0 bridgehead atoms. The molecule has 6 nitrogen and oxygen atoms in total. The SMILES string of the molecule is O=c1ccc(-c2cccnc2)nn1CC1CCCN1Cc1nc2c(s1)CCCC2. The standard InChI is InChI=1S/C22H25N5OS/c28-22-10-9-18(16-5-3-11-23-13-16)25-27(22)14-17-6-4-12-26(17)15-21-24-19-7-1-2-8-20(19)29-21/h3,5,9-11,13,17H,1-2,4,6-8,12,14-15H2. The Balaban J connectivity index is 1.33. The summed E-state index contributed by atoms with van der Waals surface area (Å²) in [4.78, 5) is 25.5. The van der Waals surface area contributed by atoms with Crippen molar-refractivity contribution >= 4 is 11.3 Å². The van der Waals surface area contributed by atoms with E-state index in [4.69, 9.17) is 4.98 Å². The normalized spacial score (nSPS) is 19.4. The zero-order chi connectivity index (χ0) is 19.6. The lowest BCUT2D eigenvalue weighted by atomic mass is 10.0. The maximum Gasteiger partial charge on any atom is 0.266 e.